The molecule has 0 amide bonds. The highest BCUT2D eigenvalue weighted by Gasteiger charge is 2.21. The molecule has 0 heterocycles. The topological polar surface area (TPSA) is 18.5 Å². The summed E-state index contributed by atoms with van der Waals surface area (Å²) in [6.45, 7) is 10.5. The Kier molecular flexibility index (Phi) is 4.21. The van der Waals surface area contributed by atoms with Crippen LogP contribution in [0.15, 0.2) is 24.3 Å². The van der Waals surface area contributed by atoms with Crippen LogP contribution < -0.4 is 4.74 Å². The number of ether oxygens (including phenoxy) is 2. The zero-order valence-corrected chi connectivity index (χ0v) is 11.8. The standard InChI is InChI=1S/C15H24O2/c1-7-14(2,3)12-9-8-10-13(11-12)17-15(4,5)16-6/h8-11H,7H2,1-6H3. The third-order valence-electron chi connectivity index (χ3n) is 3.35. The van der Waals surface area contributed by atoms with Gasteiger partial charge in [-0.25, -0.2) is 0 Å². The highest BCUT2D eigenvalue weighted by molar-refractivity contribution is 5.33. The Morgan fingerprint density at radius 3 is 2.29 bits per heavy atom. The van der Waals surface area contributed by atoms with Gasteiger partial charge in [-0.3, -0.25) is 0 Å². The van der Waals surface area contributed by atoms with Gasteiger partial charge in [-0.1, -0.05) is 32.9 Å². The summed E-state index contributed by atoms with van der Waals surface area (Å²) in [5.74, 6) is 0.269. The van der Waals surface area contributed by atoms with Gasteiger partial charge >= 0.3 is 0 Å². The lowest BCUT2D eigenvalue weighted by atomic mass is 9.82. The Labute approximate surface area is 105 Å². The van der Waals surface area contributed by atoms with E-state index in [1.165, 1.54) is 5.56 Å². The average molecular weight is 236 g/mol. The second-order valence-electron chi connectivity index (χ2n) is 5.47. The van der Waals surface area contributed by atoms with Crippen molar-refractivity contribution in [2.45, 2.75) is 52.2 Å². The van der Waals surface area contributed by atoms with E-state index < -0.39 is 5.79 Å². The molecule has 0 spiro atoms. The van der Waals surface area contributed by atoms with Gasteiger partial charge in [0.2, 0.25) is 5.79 Å². The van der Waals surface area contributed by atoms with Crippen molar-refractivity contribution in [1.82, 2.24) is 0 Å². The van der Waals surface area contributed by atoms with Crippen LogP contribution in [-0.2, 0) is 10.2 Å². The smallest absolute Gasteiger partial charge is 0.204 e. The molecule has 2 heteroatoms. The predicted molar refractivity (Wildman–Crippen MR) is 71.5 cm³/mol. The summed E-state index contributed by atoms with van der Waals surface area (Å²) in [5.41, 5.74) is 1.47. The lowest BCUT2D eigenvalue weighted by molar-refractivity contribution is -0.134. The van der Waals surface area contributed by atoms with Crippen LogP contribution in [-0.4, -0.2) is 12.9 Å². The summed E-state index contributed by atoms with van der Waals surface area (Å²) in [4.78, 5) is 0. The van der Waals surface area contributed by atoms with E-state index >= 15 is 0 Å². The van der Waals surface area contributed by atoms with Gasteiger partial charge < -0.3 is 9.47 Å². The molecule has 0 atom stereocenters. The van der Waals surface area contributed by atoms with Crippen LogP contribution in [0.1, 0.15) is 46.6 Å². The monoisotopic (exact) mass is 236 g/mol. The van der Waals surface area contributed by atoms with Crippen molar-refractivity contribution in [2.24, 2.45) is 0 Å². The molecule has 0 unspecified atom stereocenters. The van der Waals surface area contributed by atoms with Crippen LogP contribution >= 0.6 is 0 Å². The molecule has 0 fully saturated rings. The van der Waals surface area contributed by atoms with E-state index in [-0.39, 0.29) is 5.41 Å². The fourth-order valence-corrected chi connectivity index (χ4v) is 1.51. The van der Waals surface area contributed by atoms with Crippen LogP contribution in [0.4, 0.5) is 0 Å². The summed E-state index contributed by atoms with van der Waals surface area (Å²) < 4.78 is 11.1. The lowest BCUT2D eigenvalue weighted by Crippen LogP contribution is -2.30. The van der Waals surface area contributed by atoms with Gasteiger partial charge in [0.05, 0.1) is 0 Å². The second-order valence-corrected chi connectivity index (χ2v) is 5.47. The Morgan fingerprint density at radius 2 is 1.76 bits per heavy atom. The molecule has 0 bridgehead atoms. The van der Waals surface area contributed by atoms with Crippen LogP contribution in [0.25, 0.3) is 0 Å². The van der Waals surface area contributed by atoms with E-state index in [4.69, 9.17) is 9.47 Å². The SMILES string of the molecule is CCC(C)(C)c1cccc(OC(C)(C)OC)c1. The van der Waals surface area contributed by atoms with Crippen molar-refractivity contribution in [1.29, 1.82) is 0 Å². The molecule has 96 valence electrons. The number of methoxy groups -OCH3 is 1. The minimum Gasteiger partial charge on any atom is -0.463 e. The Hall–Kier alpha value is -1.02. The van der Waals surface area contributed by atoms with Crippen molar-refractivity contribution in [3.8, 4) is 5.75 Å². The molecule has 1 aromatic carbocycles. The zero-order valence-electron chi connectivity index (χ0n) is 11.8. The maximum absolute atomic E-state index is 5.81. The molecule has 0 aliphatic rings. The summed E-state index contributed by atoms with van der Waals surface area (Å²) in [6.07, 6.45) is 1.10. The van der Waals surface area contributed by atoms with E-state index in [0.29, 0.717) is 0 Å². The maximum Gasteiger partial charge on any atom is 0.204 e. The second kappa shape index (κ2) is 5.09. The Bertz CT molecular complexity index is 367. The van der Waals surface area contributed by atoms with Crippen LogP contribution in [0.2, 0.25) is 0 Å². The van der Waals surface area contributed by atoms with Gasteiger partial charge in [0.1, 0.15) is 5.75 Å². The van der Waals surface area contributed by atoms with E-state index in [1.54, 1.807) is 7.11 Å². The zero-order chi connectivity index (χ0) is 13.1. The molecule has 0 N–H and O–H groups in total. The number of rotatable bonds is 5. The first kappa shape index (κ1) is 14.0. The van der Waals surface area contributed by atoms with Gasteiger partial charge in [-0.05, 0) is 29.5 Å². The molecule has 0 aromatic heterocycles. The van der Waals surface area contributed by atoms with Crippen LogP contribution in [0, 0.1) is 0 Å². The van der Waals surface area contributed by atoms with Gasteiger partial charge in [0.25, 0.3) is 0 Å². The Morgan fingerprint density at radius 1 is 1.12 bits per heavy atom. The molecular formula is C15H24O2. The van der Waals surface area contributed by atoms with Gasteiger partial charge in [-0.2, -0.15) is 0 Å². The first-order chi connectivity index (χ1) is 7.80. The summed E-state index contributed by atoms with van der Waals surface area (Å²) in [7, 11) is 1.65. The van der Waals surface area contributed by atoms with Crippen molar-refractivity contribution < 1.29 is 9.47 Å². The van der Waals surface area contributed by atoms with Crippen molar-refractivity contribution >= 4 is 0 Å². The molecule has 17 heavy (non-hydrogen) atoms. The maximum atomic E-state index is 5.81. The molecule has 1 aromatic rings. The van der Waals surface area contributed by atoms with Gasteiger partial charge in [-0.15, -0.1) is 0 Å². The average Bonchev–Trinajstić information content (AvgIpc) is 2.29. The first-order valence-corrected chi connectivity index (χ1v) is 6.15. The fourth-order valence-electron chi connectivity index (χ4n) is 1.51. The quantitative estimate of drug-likeness (QED) is 0.715. The summed E-state index contributed by atoms with van der Waals surface area (Å²) in [5, 5.41) is 0. The minimum absolute atomic E-state index is 0.177. The lowest BCUT2D eigenvalue weighted by Gasteiger charge is -2.27. The highest BCUT2D eigenvalue weighted by Crippen LogP contribution is 2.30. The van der Waals surface area contributed by atoms with E-state index in [9.17, 15) is 0 Å². The van der Waals surface area contributed by atoms with Gasteiger partial charge in [0.15, 0.2) is 0 Å². The van der Waals surface area contributed by atoms with E-state index in [0.717, 1.165) is 12.2 Å². The van der Waals surface area contributed by atoms with Crippen molar-refractivity contribution in [3.05, 3.63) is 29.8 Å². The molecule has 0 aliphatic heterocycles. The van der Waals surface area contributed by atoms with Gasteiger partial charge in [0, 0.05) is 21.0 Å². The highest BCUT2D eigenvalue weighted by atomic mass is 16.7. The van der Waals surface area contributed by atoms with Crippen LogP contribution in [0.3, 0.4) is 0 Å². The number of hydrogen-bond donors (Lipinski definition) is 0. The minimum atomic E-state index is -0.588. The molecule has 0 aliphatic carbocycles. The first-order valence-electron chi connectivity index (χ1n) is 6.15. The molecule has 0 saturated heterocycles. The van der Waals surface area contributed by atoms with Crippen molar-refractivity contribution in [2.75, 3.05) is 7.11 Å². The van der Waals surface area contributed by atoms with E-state index in [1.807, 2.05) is 26.0 Å². The third kappa shape index (κ3) is 3.74. The molecular weight excluding hydrogens is 212 g/mol. The molecule has 1 rings (SSSR count). The molecule has 0 saturated carbocycles. The van der Waals surface area contributed by atoms with Crippen molar-refractivity contribution in [3.63, 3.8) is 0 Å². The predicted octanol–water partition coefficient (Wildman–Crippen LogP) is 4.14. The van der Waals surface area contributed by atoms with Crippen LogP contribution in [0.5, 0.6) is 5.75 Å². The molecule has 0 radical (unpaired) electrons. The van der Waals surface area contributed by atoms with E-state index in [2.05, 4.69) is 32.9 Å². The molecule has 2 nitrogen and oxygen atoms in total. The normalized spacial score (nSPS) is 12.6. The largest absolute Gasteiger partial charge is 0.463 e. The third-order valence-corrected chi connectivity index (χ3v) is 3.35. The summed E-state index contributed by atoms with van der Waals surface area (Å²) >= 11 is 0. The summed E-state index contributed by atoms with van der Waals surface area (Å²) in [6, 6.07) is 8.25. The fraction of sp³-hybridized carbons (Fsp3) is 0.600. The Balaban J connectivity index is 2.94. The number of hydrogen-bond acceptors (Lipinski definition) is 2. The number of benzene rings is 1.